The van der Waals surface area contributed by atoms with Crippen LogP contribution in [-0.4, -0.2) is 12.2 Å². The summed E-state index contributed by atoms with van der Waals surface area (Å²) < 4.78 is 9.72. The number of carbonyl (C=O) groups excluding carboxylic acids is 2. The summed E-state index contributed by atoms with van der Waals surface area (Å²) in [7, 11) is 0. The van der Waals surface area contributed by atoms with Crippen molar-refractivity contribution in [3.63, 3.8) is 0 Å². The van der Waals surface area contributed by atoms with E-state index in [0.717, 1.165) is 5.56 Å². The van der Waals surface area contributed by atoms with Gasteiger partial charge in [0.05, 0.1) is 0 Å². The number of aryl methyl sites for hydroxylation is 1. The predicted molar refractivity (Wildman–Crippen MR) is 74.5 cm³/mol. The van der Waals surface area contributed by atoms with E-state index in [1.807, 2.05) is 13.0 Å². The summed E-state index contributed by atoms with van der Waals surface area (Å²) in [6.45, 7) is 1.86. The molecule has 0 radical (unpaired) electrons. The molecule has 0 fully saturated rings. The number of amides is 2. The van der Waals surface area contributed by atoms with E-state index in [9.17, 15) is 9.59 Å². The van der Waals surface area contributed by atoms with Crippen molar-refractivity contribution in [2.45, 2.75) is 6.92 Å². The topological polar surface area (TPSA) is 77.3 Å². The van der Waals surface area contributed by atoms with Crippen molar-refractivity contribution in [2.75, 3.05) is 0 Å². The first-order chi connectivity index (χ1) is 10.1. The molecule has 0 aromatic heterocycles. The Labute approximate surface area is 121 Å². The normalized spacial score (nSPS) is 10.3. The predicted octanol–water partition coefficient (Wildman–Crippen LogP) is 4.15. The summed E-state index contributed by atoms with van der Waals surface area (Å²) in [6, 6.07) is 15.2. The quantitative estimate of drug-likeness (QED) is 0.776. The standard InChI is InChI=1S/C15H12N2O4/c1-11-6-5-9-13(10-11)21-15(19)17-16-14(18)20-12-7-3-2-4-8-12/h2-10H,1H3/b17-16+. The van der Waals surface area contributed by atoms with Crippen LogP contribution in [0.15, 0.2) is 64.8 Å². The van der Waals surface area contributed by atoms with E-state index < -0.39 is 12.2 Å². The maximum Gasteiger partial charge on any atom is 0.458 e. The molecule has 0 spiro atoms. The molecule has 0 saturated heterocycles. The second-order valence-corrected chi connectivity index (χ2v) is 4.07. The fourth-order valence-electron chi connectivity index (χ4n) is 1.49. The summed E-state index contributed by atoms with van der Waals surface area (Å²) in [5, 5.41) is 6.26. The van der Waals surface area contributed by atoms with Crippen LogP contribution in [0, 0.1) is 6.92 Å². The van der Waals surface area contributed by atoms with E-state index in [4.69, 9.17) is 9.47 Å². The molecular formula is C15H12N2O4. The van der Waals surface area contributed by atoms with E-state index in [1.54, 1.807) is 48.5 Å². The van der Waals surface area contributed by atoms with Gasteiger partial charge in [0.2, 0.25) is 0 Å². The second kappa shape index (κ2) is 6.95. The molecule has 106 valence electrons. The Kier molecular flexibility index (Phi) is 4.76. The van der Waals surface area contributed by atoms with Crippen LogP contribution in [-0.2, 0) is 0 Å². The molecule has 0 atom stereocenters. The molecule has 21 heavy (non-hydrogen) atoms. The average Bonchev–Trinajstić information content (AvgIpc) is 2.46. The van der Waals surface area contributed by atoms with Crippen molar-refractivity contribution in [3.8, 4) is 11.5 Å². The summed E-state index contributed by atoms with van der Waals surface area (Å²) in [6.07, 6.45) is -1.99. The van der Waals surface area contributed by atoms with Gasteiger partial charge in [0, 0.05) is 0 Å². The maximum atomic E-state index is 11.4. The molecule has 0 heterocycles. The number of para-hydroxylation sites is 1. The van der Waals surface area contributed by atoms with Gasteiger partial charge in [-0.3, -0.25) is 0 Å². The number of hydrogen-bond acceptors (Lipinski definition) is 4. The number of ether oxygens (including phenoxy) is 2. The van der Waals surface area contributed by atoms with Crippen LogP contribution in [0.3, 0.4) is 0 Å². The molecule has 0 aliphatic carbocycles. The largest absolute Gasteiger partial charge is 0.458 e. The molecule has 0 aliphatic rings. The van der Waals surface area contributed by atoms with Crippen LogP contribution in [0.1, 0.15) is 5.56 Å². The van der Waals surface area contributed by atoms with Crippen molar-refractivity contribution in [3.05, 3.63) is 60.2 Å². The van der Waals surface area contributed by atoms with Crippen molar-refractivity contribution in [1.82, 2.24) is 0 Å². The molecule has 2 aromatic rings. The Morgan fingerprint density at radius 3 is 2.00 bits per heavy atom. The SMILES string of the molecule is Cc1cccc(OC(=O)/N=N/C(=O)Oc2ccccc2)c1. The smallest absolute Gasteiger partial charge is 0.408 e. The van der Waals surface area contributed by atoms with Crippen molar-refractivity contribution in [1.29, 1.82) is 0 Å². The van der Waals surface area contributed by atoms with Crippen LogP contribution in [0.2, 0.25) is 0 Å². The second-order valence-electron chi connectivity index (χ2n) is 4.07. The van der Waals surface area contributed by atoms with E-state index in [-0.39, 0.29) is 0 Å². The molecule has 0 saturated carbocycles. The van der Waals surface area contributed by atoms with Crippen molar-refractivity contribution < 1.29 is 19.1 Å². The molecule has 2 rings (SSSR count). The fraction of sp³-hybridized carbons (Fsp3) is 0.0667. The van der Waals surface area contributed by atoms with Gasteiger partial charge >= 0.3 is 12.2 Å². The monoisotopic (exact) mass is 284 g/mol. The minimum absolute atomic E-state index is 0.313. The minimum atomic E-state index is -0.998. The molecule has 6 nitrogen and oxygen atoms in total. The third-order valence-electron chi connectivity index (χ3n) is 2.36. The zero-order valence-corrected chi connectivity index (χ0v) is 11.2. The van der Waals surface area contributed by atoms with Gasteiger partial charge in [-0.1, -0.05) is 40.6 Å². The average molecular weight is 284 g/mol. The first-order valence-electron chi connectivity index (χ1n) is 6.10. The summed E-state index contributed by atoms with van der Waals surface area (Å²) in [5.41, 5.74) is 0.931. The molecule has 0 bridgehead atoms. The van der Waals surface area contributed by atoms with Gasteiger partial charge < -0.3 is 9.47 Å². The number of benzene rings is 2. The third-order valence-corrected chi connectivity index (χ3v) is 2.36. The maximum absolute atomic E-state index is 11.4. The molecule has 2 aromatic carbocycles. The molecule has 6 heteroatoms. The number of azo groups is 1. The van der Waals surface area contributed by atoms with E-state index in [2.05, 4.69) is 10.2 Å². The zero-order valence-electron chi connectivity index (χ0n) is 11.2. The van der Waals surface area contributed by atoms with Gasteiger partial charge in [-0.05, 0) is 36.8 Å². The number of nitrogens with zero attached hydrogens (tertiary/aromatic N) is 2. The minimum Gasteiger partial charge on any atom is -0.408 e. The molecule has 0 aliphatic heterocycles. The Morgan fingerprint density at radius 2 is 1.38 bits per heavy atom. The third kappa shape index (κ3) is 4.87. The van der Waals surface area contributed by atoms with Crippen molar-refractivity contribution >= 4 is 12.2 Å². The highest BCUT2D eigenvalue weighted by atomic mass is 16.6. The van der Waals surface area contributed by atoms with Gasteiger partial charge in [0.1, 0.15) is 11.5 Å². The summed E-state index contributed by atoms with van der Waals surface area (Å²) in [5.74, 6) is 0.642. The molecular weight excluding hydrogens is 272 g/mol. The van der Waals surface area contributed by atoms with Crippen LogP contribution in [0.4, 0.5) is 9.59 Å². The lowest BCUT2D eigenvalue weighted by molar-refractivity contribution is 0.200. The Hall–Kier alpha value is -3.02. The first-order valence-corrected chi connectivity index (χ1v) is 6.10. The van der Waals surface area contributed by atoms with E-state index >= 15 is 0 Å². The first kappa shape index (κ1) is 14.4. The lowest BCUT2D eigenvalue weighted by Crippen LogP contribution is -2.05. The van der Waals surface area contributed by atoms with Gasteiger partial charge in [0.15, 0.2) is 0 Å². The van der Waals surface area contributed by atoms with Gasteiger partial charge in [-0.25, -0.2) is 9.59 Å². The highest BCUT2D eigenvalue weighted by Gasteiger charge is 2.06. The van der Waals surface area contributed by atoms with Gasteiger partial charge in [-0.2, -0.15) is 0 Å². The van der Waals surface area contributed by atoms with Gasteiger partial charge in [0.25, 0.3) is 0 Å². The van der Waals surface area contributed by atoms with Crippen molar-refractivity contribution in [2.24, 2.45) is 10.2 Å². The lowest BCUT2D eigenvalue weighted by atomic mass is 10.2. The van der Waals surface area contributed by atoms with Crippen LogP contribution in [0.5, 0.6) is 11.5 Å². The van der Waals surface area contributed by atoms with Crippen LogP contribution >= 0.6 is 0 Å². The zero-order chi connectivity index (χ0) is 15.1. The number of rotatable bonds is 2. The Balaban J connectivity index is 1.88. The van der Waals surface area contributed by atoms with E-state index in [1.165, 1.54) is 0 Å². The van der Waals surface area contributed by atoms with Crippen LogP contribution < -0.4 is 9.47 Å². The lowest BCUT2D eigenvalue weighted by Gasteiger charge is -2.00. The molecule has 0 unspecified atom stereocenters. The summed E-state index contributed by atoms with van der Waals surface area (Å²) in [4.78, 5) is 22.7. The highest BCUT2D eigenvalue weighted by molar-refractivity contribution is 5.75. The molecule has 2 amide bonds. The Morgan fingerprint density at radius 1 is 0.810 bits per heavy atom. The van der Waals surface area contributed by atoms with E-state index in [0.29, 0.717) is 11.5 Å². The number of carbonyl (C=O) groups is 2. The summed E-state index contributed by atoms with van der Waals surface area (Å²) >= 11 is 0. The van der Waals surface area contributed by atoms with Gasteiger partial charge in [-0.15, -0.1) is 0 Å². The number of hydrogen-bond donors (Lipinski definition) is 0. The highest BCUT2D eigenvalue weighted by Crippen LogP contribution is 2.13. The molecule has 0 N–H and O–H groups in total. The van der Waals surface area contributed by atoms with Crippen LogP contribution in [0.25, 0.3) is 0 Å². The Bertz CT molecular complexity index is 668. The fourth-order valence-corrected chi connectivity index (χ4v) is 1.49.